The molecule has 1 aliphatic carbocycles. The lowest BCUT2D eigenvalue weighted by molar-refractivity contribution is -0.129. The van der Waals surface area contributed by atoms with Crippen molar-refractivity contribution in [3.8, 4) is 0 Å². The number of piperidine rings is 1. The zero-order valence-corrected chi connectivity index (χ0v) is 12.7. The minimum Gasteiger partial charge on any atom is -0.355 e. The largest absolute Gasteiger partial charge is 0.355 e. The number of likely N-dealkylation sites (N-methyl/N-ethyl adjacent to an activating group) is 1. The Kier molecular flexibility index (Phi) is 5.02. The molecule has 0 spiro atoms. The third-order valence-electron chi connectivity index (χ3n) is 4.96. The van der Waals surface area contributed by atoms with Gasteiger partial charge in [-0.25, -0.2) is 0 Å². The Morgan fingerprint density at radius 2 is 2.05 bits per heavy atom. The molecule has 1 saturated carbocycles. The fourth-order valence-corrected chi connectivity index (χ4v) is 3.34. The molecule has 0 bridgehead atoms. The molecule has 1 unspecified atom stereocenters. The van der Waals surface area contributed by atoms with Gasteiger partial charge in [0.25, 0.3) is 0 Å². The lowest BCUT2D eigenvalue weighted by Gasteiger charge is -2.43. The van der Waals surface area contributed by atoms with E-state index in [9.17, 15) is 9.59 Å². The second-order valence-electron chi connectivity index (χ2n) is 6.44. The zero-order chi connectivity index (χ0) is 14.6. The summed E-state index contributed by atoms with van der Waals surface area (Å²) < 4.78 is 0. The van der Waals surface area contributed by atoms with Crippen LogP contribution >= 0.6 is 0 Å². The molecular formula is C15H27N3O2. The summed E-state index contributed by atoms with van der Waals surface area (Å²) in [4.78, 5) is 25.6. The minimum atomic E-state index is -0.0597. The van der Waals surface area contributed by atoms with E-state index in [1.54, 1.807) is 0 Å². The van der Waals surface area contributed by atoms with Crippen molar-refractivity contribution >= 4 is 11.8 Å². The molecule has 0 aromatic carbocycles. The summed E-state index contributed by atoms with van der Waals surface area (Å²) in [5.74, 6) is 0.0957. The van der Waals surface area contributed by atoms with Crippen molar-refractivity contribution < 1.29 is 9.59 Å². The zero-order valence-electron chi connectivity index (χ0n) is 12.7. The lowest BCUT2D eigenvalue weighted by atomic mass is 9.80. The lowest BCUT2D eigenvalue weighted by Crippen LogP contribution is -2.55. The molecule has 1 aliphatic heterocycles. The van der Waals surface area contributed by atoms with Crippen LogP contribution in [0.3, 0.4) is 0 Å². The third-order valence-corrected chi connectivity index (χ3v) is 4.96. The van der Waals surface area contributed by atoms with Gasteiger partial charge >= 0.3 is 0 Å². The molecule has 2 aliphatic rings. The first-order chi connectivity index (χ1) is 9.53. The Morgan fingerprint density at radius 3 is 2.60 bits per heavy atom. The van der Waals surface area contributed by atoms with E-state index in [4.69, 9.17) is 0 Å². The first-order valence-electron chi connectivity index (χ1n) is 7.75. The molecule has 5 nitrogen and oxygen atoms in total. The van der Waals surface area contributed by atoms with Gasteiger partial charge in [0.15, 0.2) is 0 Å². The molecule has 2 N–H and O–H groups in total. The van der Waals surface area contributed by atoms with Crippen LogP contribution in [0.2, 0.25) is 0 Å². The van der Waals surface area contributed by atoms with Gasteiger partial charge in [0.2, 0.25) is 11.8 Å². The molecule has 114 valence electrons. The molecule has 5 heteroatoms. The van der Waals surface area contributed by atoms with Crippen molar-refractivity contribution in [2.45, 2.75) is 50.5 Å². The van der Waals surface area contributed by atoms with Crippen molar-refractivity contribution in [3.05, 3.63) is 0 Å². The summed E-state index contributed by atoms with van der Waals surface area (Å²) in [6, 6.07) is 0. The smallest absolute Gasteiger partial charge is 0.224 e. The van der Waals surface area contributed by atoms with Crippen LogP contribution in [0.1, 0.15) is 44.9 Å². The Labute approximate surface area is 121 Å². The van der Waals surface area contributed by atoms with E-state index in [1.165, 1.54) is 19.3 Å². The van der Waals surface area contributed by atoms with Crippen LogP contribution < -0.4 is 10.6 Å². The number of nitrogens with one attached hydrogen (secondary N) is 2. The summed E-state index contributed by atoms with van der Waals surface area (Å²) in [5, 5.41) is 5.90. The van der Waals surface area contributed by atoms with E-state index in [0.29, 0.717) is 19.4 Å². The monoisotopic (exact) mass is 281 g/mol. The standard InChI is InChI=1S/C15H27N3O2/c1-18(2)15(8-4-3-5-9-15)11-17-14(20)12-6-7-13(19)16-10-12/h12H,3-11H2,1-2H3,(H,16,19)(H,17,20). The van der Waals surface area contributed by atoms with Gasteiger partial charge in [-0.3, -0.25) is 9.59 Å². The first-order valence-corrected chi connectivity index (χ1v) is 7.75. The fourth-order valence-electron chi connectivity index (χ4n) is 3.34. The Balaban J connectivity index is 1.86. The summed E-state index contributed by atoms with van der Waals surface area (Å²) in [7, 11) is 4.22. The number of hydrogen-bond acceptors (Lipinski definition) is 3. The number of carbonyl (C=O) groups excluding carboxylic acids is 2. The van der Waals surface area contributed by atoms with E-state index in [1.807, 2.05) is 0 Å². The number of amides is 2. The SMILES string of the molecule is CN(C)C1(CNC(=O)C2CCC(=O)NC2)CCCCC1. The summed E-state index contributed by atoms with van der Waals surface area (Å²) in [5.41, 5.74) is 0.117. The average molecular weight is 281 g/mol. The van der Waals surface area contributed by atoms with Crippen molar-refractivity contribution in [1.29, 1.82) is 0 Å². The first kappa shape index (κ1) is 15.3. The van der Waals surface area contributed by atoms with Crippen molar-refractivity contribution in [2.24, 2.45) is 5.92 Å². The normalized spacial score (nSPS) is 26.1. The molecular weight excluding hydrogens is 254 g/mol. The van der Waals surface area contributed by atoms with Crippen molar-refractivity contribution in [1.82, 2.24) is 15.5 Å². The highest BCUT2D eigenvalue weighted by Gasteiger charge is 2.35. The minimum absolute atomic E-state index is 0.0597. The van der Waals surface area contributed by atoms with Gasteiger partial charge in [-0.2, -0.15) is 0 Å². The quantitative estimate of drug-likeness (QED) is 0.804. The highest BCUT2D eigenvalue weighted by Crippen LogP contribution is 2.31. The van der Waals surface area contributed by atoms with Crippen molar-refractivity contribution in [3.63, 3.8) is 0 Å². The fraction of sp³-hybridized carbons (Fsp3) is 0.867. The van der Waals surface area contributed by atoms with Crippen LogP contribution in [0.15, 0.2) is 0 Å². The molecule has 1 atom stereocenters. The molecule has 1 heterocycles. The van der Waals surface area contributed by atoms with E-state index in [0.717, 1.165) is 19.4 Å². The van der Waals surface area contributed by atoms with Gasteiger partial charge in [-0.1, -0.05) is 19.3 Å². The molecule has 2 fully saturated rings. The second-order valence-corrected chi connectivity index (χ2v) is 6.44. The second kappa shape index (κ2) is 6.57. The average Bonchev–Trinajstić information content (AvgIpc) is 2.46. The van der Waals surface area contributed by atoms with Crippen molar-refractivity contribution in [2.75, 3.05) is 27.2 Å². The third kappa shape index (κ3) is 3.51. The van der Waals surface area contributed by atoms with Crippen LogP contribution in [-0.2, 0) is 9.59 Å². The van der Waals surface area contributed by atoms with E-state index >= 15 is 0 Å². The number of carbonyl (C=O) groups is 2. The summed E-state index contributed by atoms with van der Waals surface area (Å²) in [6.07, 6.45) is 7.24. The Hall–Kier alpha value is -1.10. The maximum atomic E-state index is 12.2. The summed E-state index contributed by atoms with van der Waals surface area (Å²) in [6.45, 7) is 1.21. The molecule has 1 saturated heterocycles. The highest BCUT2D eigenvalue weighted by molar-refractivity contribution is 5.83. The predicted molar refractivity (Wildman–Crippen MR) is 78.2 cm³/mol. The Morgan fingerprint density at radius 1 is 1.35 bits per heavy atom. The number of rotatable bonds is 4. The molecule has 0 aromatic heterocycles. The molecule has 2 amide bonds. The molecule has 20 heavy (non-hydrogen) atoms. The van der Waals surface area contributed by atoms with E-state index in [2.05, 4.69) is 29.6 Å². The van der Waals surface area contributed by atoms with Gasteiger partial charge in [-0.15, -0.1) is 0 Å². The van der Waals surface area contributed by atoms with Gasteiger partial charge < -0.3 is 15.5 Å². The maximum absolute atomic E-state index is 12.2. The molecule has 0 radical (unpaired) electrons. The Bertz CT molecular complexity index is 352. The van der Waals surface area contributed by atoms with Crippen LogP contribution in [0.4, 0.5) is 0 Å². The van der Waals surface area contributed by atoms with Crippen LogP contribution in [0, 0.1) is 5.92 Å². The van der Waals surface area contributed by atoms with Crippen LogP contribution in [0.5, 0.6) is 0 Å². The number of nitrogens with zero attached hydrogens (tertiary/aromatic N) is 1. The van der Waals surface area contributed by atoms with Gasteiger partial charge in [-0.05, 0) is 33.4 Å². The molecule has 2 rings (SSSR count). The van der Waals surface area contributed by atoms with E-state index in [-0.39, 0.29) is 23.3 Å². The van der Waals surface area contributed by atoms with Gasteiger partial charge in [0.05, 0.1) is 5.92 Å². The maximum Gasteiger partial charge on any atom is 0.224 e. The topological polar surface area (TPSA) is 61.4 Å². The number of hydrogen-bond donors (Lipinski definition) is 2. The van der Waals surface area contributed by atoms with Gasteiger partial charge in [0.1, 0.15) is 0 Å². The highest BCUT2D eigenvalue weighted by atomic mass is 16.2. The van der Waals surface area contributed by atoms with Gasteiger partial charge in [0, 0.05) is 25.0 Å². The molecule has 0 aromatic rings. The van der Waals surface area contributed by atoms with E-state index < -0.39 is 0 Å². The summed E-state index contributed by atoms with van der Waals surface area (Å²) >= 11 is 0. The van der Waals surface area contributed by atoms with Crippen LogP contribution in [0.25, 0.3) is 0 Å². The predicted octanol–water partition coefficient (Wildman–Crippen LogP) is 0.893. The van der Waals surface area contributed by atoms with Crippen LogP contribution in [-0.4, -0.2) is 49.4 Å².